The Balaban J connectivity index is 1.40. The summed E-state index contributed by atoms with van der Waals surface area (Å²) in [6.07, 6.45) is 3.27. The van der Waals surface area contributed by atoms with Crippen LogP contribution in [0.2, 0.25) is 0 Å². The second kappa shape index (κ2) is 7.89. The number of aryl methyl sites for hydroxylation is 2. The van der Waals surface area contributed by atoms with Crippen molar-refractivity contribution in [3.05, 3.63) is 52.4 Å². The molecule has 0 aromatic carbocycles. The highest BCUT2D eigenvalue weighted by molar-refractivity contribution is 7.13. The Labute approximate surface area is 167 Å². The topological polar surface area (TPSA) is 87.1 Å². The maximum Gasteiger partial charge on any atom is 0.265 e. The van der Waals surface area contributed by atoms with Crippen LogP contribution in [0.15, 0.2) is 36.8 Å². The van der Waals surface area contributed by atoms with Crippen molar-refractivity contribution in [2.24, 2.45) is 0 Å². The molecule has 144 valence electrons. The van der Waals surface area contributed by atoms with Crippen LogP contribution in [-0.2, 0) is 0 Å². The first-order valence-corrected chi connectivity index (χ1v) is 9.90. The van der Waals surface area contributed by atoms with Gasteiger partial charge in [0.2, 0.25) is 0 Å². The number of pyridine rings is 1. The lowest BCUT2D eigenvalue weighted by Gasteiger charge is -2.35. The van der Waals surface area contributed by atoms with Gasteiger partial charge >= 0.3 is 0 Å². The van der Waals surface area contributed by atoms with Gasteiger partial charge < -0.3 is 15.1 Å². The van der Waals surface area contributed by atoms with E-state index in [1.807, 2.05) is 43.0 Å². The maximum atomic E-state index is 12.8. The number of hydrogen-bond donors (Lipinski definition) is 1. The molecule has 9 heteroatoms. The lowest BCUT2D eigenvalue weighted by atomic mass is 10.2. The van der Waals surface area contributed by atoms with Crippen LogP contribution in [0.4, 0.5) is 17.5 Å². The highest BCUT2D eigenvalue weighted by Crippen LogP contribution is 2.22. The van der Waals surface area contributed by atoms with Gasteiger partial charge in [0.05, 0.1) is 10.7 Å². The zero-order chi connectivity index (χ0) is 19.5. The van der Waals surface area contributed by atoms with Crippen LogP contribution in [0.25, 0.3) is 0 Å². The van der Waals surface area contributed by atoms with Crippen LogP contribution in [0.5, 0.6) is 0 Å². The van der Waals surface area contributed by atoms with Crippen molar-refractivity contribution in [3.63, 3.8) is 0 Å². The lowest BCUT2D eigenvalue weighted by Crippen LogP contribution is -2.49. The number of anilines is 3. The lowest BCUT2D eigenvalue weighted by molar-refractivity contribution is 0.0750. The Hall–Kier alpha value is -3.07. The normalized spacial score (nSPS) is 14.2. The van der Waals surface area contributed by atoms with E-state index in [0.29, 0.717) is 18.9 Å². The van der Waals surface area contributed by atoms with E-state index in [9.17, 15) is 4.79 Å². The van der Waals surface area contributed by atoms with E-state index in [4.69, 9.17) is 0 Å². The van der Waals surface area contributed by atoms with Crippen molar-refractivity contribution in [2.45, 2.75) is 13.8 Å². The van der Waals surface area contributed by atoms with Gasteiger partial charge in [-0.2, -0.15) is 0 Å². The molecule has 4 rings (SSSR count). The van der Waals surface area contributed by atoms with Crippen LogP contribution >= 0.6 is 11.3 Å². The summed E-state index contributed by atoms with van der Waals surface area (Å²) in [7, 11) is 0. The van der Waals surface area contributed by atoms with Crippen LogP contribution < -0.4 is 10.2 Å². The van der Waals surface area contributed by atoms with Gasteiger partial charge in [-0.25, -0.2) is 19.9 Å². The van der Waals surface area contributed by atoms with Crippen LogP contribution in [-0.4, -0.2) is 56.9 Å². The molecule has 1 N–H and O–H groups in total. The summed E-state index contributed by atoms with van der Waals surface area (Å²) < 4.78 is 0. The molecular weight excluding hydrogens is 374 g/mol. The van der Waals surface area contributed by atoms with Crippen LogP contribution in [0.1, 0.15) is 20.4 Å². The number of aromatic nitrogens is 4. The summed E-state index contributed by atoms with van der Waals surface area (Å²) in [4.78, 5) is 34.8. The fourth-order valence-corrected chi connectivity index (χ4v) is 4.06. The Bertz CT molecular complexity index is 967. The predicted molar refractivity (Wildman–Crippen MR) is 109 cm³/mol. The fourth-order valence-electron chi connectivity index (χ4n) is 3.17. The molecule has 28 heavy (non-hydrogen) atoms. The van der Waals surface area contributed by atoms with Gasteiger partial charge in [0, 0.05) is 38.4 Å². The zero-order valence-electron chi connectivity index (χ0n) is 15.8. The van der Waals surface area contributed by atoms with E-state index in [0.717, 1.165) is 40.3 Å². The summed E-state index contributed by atoms with van der Waals surface area (Å²) >= 11 is 1.47. The van der Waals surface area contributed by atoms with Crippen molar-refractivity contribution in [1.29, 1.82) is 0 Å². The maximum absolute atomic E-state index is 12.8. The molecule has 3 aromatic heterocycles. The number of nitrogens with zero attached hydrogens (tertiary/aromatic N) is 6. The SMILES string of the molecule is Cc1nc(C)c(C(=O)N2CCN(c3cc(Nc4ccccn4)ncn3)CC2)s1. The van der Waals surface area contributed by atoms with Crippen LogP contribution in [0.3, 0.4) is 0 Å². The monoisotopic (exact) mass is 395 g/mol. The molecule has 1 aliphatic heterocycles. The summed E-state index contributed by atoms with van der Waals surface area (Å²) in [5.41, 5.74) is 0.816. The molecule has 1 amide bonds. The Morgan fingerprint density at radius 1 is 1.07 bits per heavy atom. The summed E-state index contributed by atoms with van der Waals surface area (Å²) in [5, 5.41) is 4.11. The van der Waals surface area contributed by atoms with Crippen molar-refractivity contribution >= 4 is 34.7 Å². The predicted octanol–water partition coefficient (Wildman–Crippen LogP) is 2.65. The van der Waals surface area contributed by atoms with Gasteiger partial charge in [-0.15, -0.1) is 11.3 Å². The Morgan fingerprint density at radius 2 is 1.89 bits per heavy atom. The van der Waals surface area contributed by atoms with Crippen LogP contribution in [0, 0.1) is 13.8 Å². The Morgan fingerprint density at radius 3 is 2.57 bits per heavy atom. The van der Waals surface area contributed by atoms with E-state index in [1.54, 1.807) is 12.5 Å². The van der Waals surface area contributed by atoms with Gasteiger partial charge in [0.1, 0.15) is 28.7 Å². The molecule has 0 unspecified atom stereocenters. The van der Waals surface area contributed by atoms with Crippen molar-refractivity contribution in [3.8, 4) is 0 Å². The highest BCUT2D eigenvalue weighted by atomic mass is 32.1. The number of amides is 1. The number of carbonyl (C=O) groups excluding carboxylic acids is 1. The second-order valence-corrected chi connectivity index (χ2v) is 7.73. The van der Waals surface area contributed by atoms with E-state index < -0.39 is 0 Å². The molecule has 1 saturated heterocycles. The number of hydrogen-bond acceptors (Lipinski definition) is 8. The summed E-state index contributed by atoms with van der Waals surface area (Å²) in [6, 6.07) is 7.57. The largest absolute Gasteiger partial charge is 0.353 e. The first kappa shape index (κ1) is 18.3. The van der Waals surface area contributed by atoms with E-state index in [-0.39, 0.29) is 5.91 Å². The van der Waals surface area contributed by atoms with E-state index >= 15 is 0 Å². The van der Waals surface area contributed by atoms with Gasteiger partial charge in [0.25, 0.3) is 5.91 Å². The van der Waals surface area contributed by atoms with Gasteiger partial charge in [-0.3, -0.25) is 4.79 Å². The quantitative estimate of drug-likeness (QED) is 0.727. The first-order valence-electron chi connectivity index (χ1n) is 9.08. The summed E-state index contributed by atoms with van der Waals surface area (Å²) in [6.45, 7) is 6.58. The highest BCUT2D eigenvalue weighted by Gasteiger charge is 2.25. The average molecular weight is 395 g/mol. The molecule has 4 heterocycles. The molecular formula is C19H21N7OS. The van der Waals surface area contributed by atoms with Gasteiger partial charge in [-0.1, -0.05) is 6.07 Å². The molecule has 0 spiro atoms. The van der Waals surface area contributed by atoms with Crippen molar-refractivity contribution in [2.75, 3.05) is 36.4 Å². The number of nitrogens with one attached hydrogen (secondary N) is 1. The number of thiazole rings is 1. The number of carbonyl (C=O) groups is 1. The second-order valence-electron chi connectivity index (χ2n) is 6.53. The van der Waals surface area contributed by atoms with E-state index in [1.165, 1.54) is 11.3 Å². The van der Waals surface area contributed by atoms with Crippen molar-refractivity contribution in [1.82, 2.24) is 24.8 Å². The molecule has 0 atom stereocenters. The molecule has 8 nitrogen and oxygen atoms in total. The third-order valence-corrected chi connectivity index (χ3v) is 5.62. The molecule has 0 bridgehead atoms. The number of piperazine rings is 1. The van der Waals surface area contributed by atoms with Gasteiger partial charge in [0.15, 0.2) is 0 Å². The standard InChI is InChI=1S/C19H21N7OS/c1-13-18(28-14(2)23-13)19(27)26-9-7-25(8-10-26)17-11-16(21-12-22-17)24-15-5-3-4-6-20-15/h3-6,11-12H,7-10H2,1-2H3,(H,20,21,22,24). The molecule has 1 aliphatic rings. The molecule has 0 saturated carbocycles. The molecule has 1 fully saturated rings. The van der Waals surface area contributed by atoms with Crippen molar-refractivity contribution < 1.29 is 4.79 Å². The molecule has 0 radical (unpaired) electrons. The molecule has 0 aliphatic carbocycles. The minimum Gasteiger partial charge on any atom is -0.353 e. The smallest absolute Gasteiger partial charge is 0.265 e. The average Bonchev–Trinajstić information content (AvgIpc) is 3.06. The molecule has 3 aromatic rings. The first-order chi connectivity index (χ1) is 13.6. The third kappa shape index (κ3) is 3.94. The summed E-state index contributed by atoms with van der Waals surface area (Å²) in [5.74, 6) is 2.34. The fraction of sp³-hybridized carbons (Fsp3) is 0.316. The van der Waals surface area contributed by atoms with E-state index in [2.05, 4.69) is 30.2 Å². The number of rotatable bonds is 4. The van der Waals surface area contributed by atoms with Gasteiger partial charge in [-0.05, 0) is 26.0 Å². The Kier molecular flexibility index (Phi) is 5.16. The zero-order valence-corrected chi connectivity index (χ0v) is 16.6. The third-order valence-electron chi connectivity index (χ3n) is 4.56. The minimum absolute atomic E-state index is 0.0722. The minimum atomic E-state index is 0.0722.